The van der Waals surface area contributed by atoms with E-state index in [1.807, 2.05) is 6.07 Å². The van der Waals surface area contributed by atoms with Gasteiger partial charge in [-0.2, -0.15) is 0 Å². The summed E-state index contributed by atoms with van der Waals surface area (Å²) in [4.78, 5) is 0. The molecule has 0 amide bonds. The minimum atomic E-state index is 0.795. The molecule has 0 saturated carbocycles. The predicted octanol–water partition coefficient (Wildman–Crippen LogP) is 7.75. The summed E-state index contributed by atoms with van der Waals surface area (Å²) in [6.07, 6.45) is 0. The Morgan fingerprint density at radius 1 is 0.438 bits per heavy atom. The number of fused-ring (bicyclic) bond motifs is 6. The van der Waals surface area contributed by atoms with Gasteiger partial charge in [-0.15, -0.1) is 0 Å². The third-order valence-electron chi connectivity index (χ3n) is 6.63. The van der Waals surface area contributed by atoms with E-state index in [-0.39, 0.29) is 0 Å². The smallest absolute Gasteiger partial charge is 0.0620 e. The maximum absolute atomic E-state index is 6.20. The number of hydrogen-bond donors (Lipinski definition) is 1. The normalized spacial score (nSPS) is 11.9. The standard InChI is InChI=1S/C30H20N2/c31-23-12-14-29-25(18-23)27-17-22(20-9-5-2-6-10-20)16-26-24-15-21(19-7-3-1-4-8-19)11-13-28(24)32(29)30(26)27/h1-18H,31H2. The van der Waals surface area contributed by atoms with Crippen LogP contribution in [-0.4, -0.2) is 4.40 Å². The van der Waals surface area contributed by atoms with Gasteiger partial charge in [-0.3, -0.25) is 0 Å². The Bertz CT molecular complexity index is 1760. The summed E-state index contributed by atoms with van der Waals surface area (Å²) in [7, 11) is 0. The first-order valence-electron chi connectivity index (χ1n) is 10.9. The van der Waals surface area contributed by atoms with Crippen molar-refractivity contribution in [2.75, 3.05) is 5.73 Å². The Kier molecular flexibility index (Phi) is 3.45. The van der Waals surface area contributed by atoms with Gasteiger partial charge < -0.3 is 10.1 Å². The number of nitrogens with two attached hydrogens (primary N) is 1. The number of rotatable bonds is 2. The monoisotopic (exact) mass is 408 g/mol. The van der Waals surface area contributed by atoms with Crippen molar-refractivity contribution >= 4 is 43.8 Å². The number of nitrogen functional groups attached to an aromatic ring is 1. The van der Waals surface area contributed by atoms with Gasteiger partial charge in [0, 0.05) is 27.2 Å². The molecule has 150 valence electrons. The van der Waals surface area contributed by atoms with E-state index in [1.165, 1.54) is 60.3 Å². The lowest BCUT2D eigenvalue weighted by molar-refractivity contribution is 1.37. The lowest BCUT2D eigenvalue weighted by Crippen LogP contribution is -1.85. The molecule has 2 heteroatoms. The Balaban J connectivity index is 1.66. The fraction of sp³-hybridized carbons (Fsp3) is 0. The van der Waals surface area contributed by atoms with Gasteiger partial charge in [-0.05, 0) is 64.7 Å². The van der Waals surface area contributed by atoms with Crippen LogP contribution in [0.1, 0.15) is 0 Å². The molecular weight excluding hydrogens is 388 g/mol. The van der Waals surface area contributed by atoms with E-state index < -0.39 is 0 Å². The van der Waals surface area contributed by atoms with Gasteiger partial charge in [0.2, 0.25) is 0 Å². The molecule has 2 nitrogen and oxygen atoms in total. The summed E-state index contributed by atoms with van der Waals surface area (Å²) >= 11 is 0. The van der Waals surface area contributed by atoms with E-state index in [0.717, 1.165) is 5.69 Å². The van der Waals surface area contributed by atoms with Crippen molar-refractivity contribution in [1.29, 1.82) is 0 Å². The Morgan fingerprint density at radius 2 is 0.969 bits per heavy atom. The summed E-state index contributed by atoms with van der Waals surface area (Å²) in [6, 6.07) is 39.0. The molecule has 5 aromatic carbocycles. The molecule has 7 rings (SSSR count). The lowest BCUT2D eigenvalue weighted by atomic mass is 9.98. The summed E-state index contributed by atoms with van der Waals surface area (Å²) in [5.74, 6) is 0. The number of benzene rings is 5. The number of hydrogen-bond acceptors (Lipinski definition) is 1. The van der Waals surface area contributed by atoms with E-state index in [1.54, 1.807) is 0 Å². The minimum Gasteiger partial charge on any atom is -0.399 e. The molecule has 0 aliphatic heterocycles. The van der Waals surface area contributed by atoms with Crippen molar-refractivity contribution in [2.45, 2.75) is 0 Å². The van der Waals surface area contributed by atoms with Crippen molar-refractivity contribution in [1.82, 2.24) is 4.40 Å². The highest BCUT2D eigenvalue weighted by Crippen LogP contribution is 2.43. The zero-order chi connectivity index (χ0) is 21.2. The Morgan fingerprint density at radius 3 is 1.62 bits per heavy atom. The number of anilines is 1. The van der Waals surface area contributed by atoms with Gasteiger partial charge in [0.05, 0.1) is 16.6 Å². The van der Waals surface area contributed by atoms with Crippen LogP contribution in [0, 0.1) is 0 Å². The SMILES string of the molecule is Nc1ccc2c(c1)c1cc(-c3ccccc3)cc3c4cc(-c5ccccc5)ccc4n2c13. The highest BCUT2D eigenvalue weighted by molar-refractivity contribution is 6.25. The van der Waals surface area contributed by atoms with Gasteiger partial charge in [-0.25, -0.2) is 0 Å². The van der Waals surface area contributed by atoms with Gasteiger partial charge in [0.1, 0.15) is 0 Å². The molecule has 0 unspecified atom stereocenters. The van der Waals surface area contributed by atoms with Gasteiger partial charge in [-0.1, -0.05) is 66.7 Å². The average molecular weight is 409 g/mol. The molecule has 0 fully saturated rings. The highest BCUT2D eigenvalue weighted by atomic mass is 14.9. The second kappa shape index (κ2) is 6.35. The fourth-order valence-corrected chi connectivity index (χ4v) is 5.18. The van der Waals surface area contributed by atoms with Crippen LogP contribution >= 0.6 is 0 Å². The molecule has 0 atom stereocenters. The average Bonchev–Trinajstić information content (AvgIpc) is 3.35. The summed E-state index contributed by atoms with van der Waals surface area (Å²) in [5, 5.41) is 5.02. The van der Waals surface area contributed by atoms with E-state index in [4.69, 9.17) is 5.73 Å². The summed E-state index contributed by atoms with van der Waals surface area (Å²) < 4.78 is 2.40. The first-order chi connectivity index (χ1) is 15.8. The van der Waals surface area contributed by atoms with Crippen LogP contribution in [0.5, 0.6) is 0 Å². The molecule has 0 saturated heterocycles. The van der Waals surface area contributed by atoms with E-state index in [9.17, 15) is 0 Å². The molecule has 7 aromatic rings. The molecule has 0 radical (unpaired) electrons. The zero-order valence-electron chi connectivity index (χ0n) is 17.4. The Hall–Kier alpha value is -4.30. The first-order valence-corrected chi connectivity index (χ1v) is 10.9. The van der Waals surface area contributed by atoms with Crippen LogP contribution in [0.15, 0.2) is 109 Å². The van der Waals surface area contributed by atoms with Crippen LogP contribution in [0.25, 0.3) is 60.3 Å². The van der Waals surface area contributed by atoms with Crippen molar-refractivity contribution in [3.63, 3.8) is 0 Å². The van der Waals surface area contributed by atoms with Crippen molar-refractivity contribution in [3.05, 3.63) is 109 Å². The second-order valence-corrected chi connectivity index (χ2v) is 8.50. The molecule has 2 aromatic heterocycles. The molecule has 2 heterocycles. The predicted molar refractivity (Wildman–Crippen MR) is 136 cm³/mol. The van der Waals surface area contributed by atoms with Crippen LogP contribution < -0.4 is 5.73 Å². The molecule has 0 bridgehead atoms. The van der Waals surface area contributed by atoms with Gasteiger partial charge in [0.25, 0.3) is 0 Å². The van der Waals surface area contributed by atoms with Gasteiger partial charge >= 0.3 is 0 Å². The molecule has 0 aliphatic carbocycles. The summed E-state index contributed by atoms with van der Waals surface area (Å²) in [6.45, 7) is 0. The van der Waals surface area contributed by atoms with E-state index in [2.05, 4.69) is 108 Å². The lowest BCUT2D eigenvalue weighted by Gasteiger charge is -2.05. The highest BCUT2D eigenvalue weighted by Gasteiger charge is 2.19. The van der Waals surface area contributed by atoms with Crippen molar-refractivity contribution in [2.24, 2.45) is 0 Å². The maximum Gasteiger partial charge on any atom is 0.0620 e. The van der Waals surface area contributed by atoms with Crippen LogP contribution in [0.2, 0.25) is 0 Å². The largest absolute Gasteiger partial charge is 0.399 e. The Labute approximate surface area is 185 Å². The minimum absolute atomic E-state index is 0.795. The maximum atomic E-state index is 6.20. The number of nitrogens with zero attached hydrogens (tertiary/aromatic N) is 1. The number of aromatic nitrogens is 1. The second-order valence-electron chi connectivity index (χ2n) is 8.50. The van der Waals surface area contributed by atoms with Crippen molar-refractivity contribution < 1.29 is 0 Å². The molecule has 32 heavy (non-hydrogen) atoms. The molecule has 0 spiro atoms. The molecule has 2 N–H and O–H groups in total. The third kappa shape index (κ3) is 2.35. The van der Waals surface area contributed by atoms with Crippen LogP contribution in [-0.2, 0) is 0 Å². The quantitative estimate of drug-likeness (QED) is 0.291. The topological polar surface area (TPSA) is 30.4 Å². The van der Waals surface area contributed by atoms with E-state index in [0.29, 0.717) is 0 Å². The fourth-order valence-electron chi connectivity index (χ4n) is 5.18. The molecular formula is C30H20N2. The third-order valence-corrected chi connectivity index (χ3v) is 6.63. The summed E-state index contributed by atoms with van der Waals surface area (Å²) in [5.41, 5.74) is 15.6. The van der Waals surface area contributed by atoms with Crippen LogP contribution in [0.4, 0.5) is 5.69 Å². The van der Waals surface area contributed by atoms with Crippen LogP contribution in [0.3, 0.4) is 0 Å². The zero-order valence-corrected chi connectivity index (χ0v) is 17.4. The van der Waals surface area contributed by atoms with Gasteiger partial charge in [0.15, 0.2) is 0 Å². The van der Waals surface area contributed by atoms with E-state index >= 15 is 0 Å². The first kappa shape index (κ1) is 17.4. The van der Waals surface area contributed by atoms with Crippen molar-refractivity contribution in [3.8, 4) is 22.3 Å². The molecule has 0 aliphatic rings.